The maximum atomic E-state index is 12.0. The highest BCUT2D eigenvalue weighted by Gasteiger charge is 2.10. The summed E-state index contributed by atoms with van der Waals surface area (Å²) in [4.78, 5) is 12.0. The zero-order valence-electron chi connectivity index (χ0n) is 20.6. The van der Waals surface area contributed by atoms with Gasteiger partial charge in [0.2, 0.25) is 5.91 Å². The molecule has 1 aromatic heterocycles. The lowest BCUT2D eigenvalue weighted by molar-refractivity contribution is -0.121. The molecule has 5 heteroatoms. The molecule has 0 aromatic carbocycles. The Balaban J connectivity index is 1.82. The quantitative estimate of drug-likeness (QED) is 0.204. The minimum absolute atomic E-state index is 0.102. The molecule has 1 rings (SSSR count). The number of nitrogens with zero attached hydrogens (tertiary/aromatic N) is 2. The Labute approximate surface area is 196 Å². The molecule has 0 aliphatic carbocycles. The second-order valence-corrected chi connectivity index (χ2v) is 9.49. The molecule has 4 nitrogen and oxygen atoms in total. The first-order valence-corrected chi connectivity index (χ1v) is 13.4. The molecular formula is C26H48ClN3O. The van der Waals surface area contributed by atoms with Crippen LogP contribution in [-0.4, -0.2) is 22.2 Å². The highest BCUT2D eigenvalue weighted by atomic mass is 35.5. The fraction of sp³-hybridized carbons (Fsp3) is 0.846. The van der Waals surface area contributed by atoms with Crippen LogP contribution >= 0.6 is 11.6 Å². The molecule has 0 atom stereocenters. The Morgan fingerprint density at radius 1 is 0.806 bits per heavy atom. The molecule has 0 fully saturated rings. The van der Waals surface area contributed by atoms with E-state index in [9.17, 15) is 4.79 Å². The Morgan fingerprint density at radius 3 is 1.68 bits per heavy atom. The molecule has 31 heavy (non-hydrogen) atoms. The van der Waals surface area contributed by atoms with Gasteiger partial charge in [0, 0.05) is 13.0 Å². The molecule has 0 saturated heterocycles. The normalized spacial score (nSPS) is 11.2. The summed E-state index contributed by atoms with van der Waals surface area (Å²) in [6.45, 7) is 7.49. The van der Waals surface area contributed by atoms with Crippen LogP contribution < -0.4 is 5.32 Å². The van der Waals surface area contributed by atoms with Gasteiger partial charge in [-0.1, -0.05) is 115 Å². The molecule has 0 aliphatic rings. The fourth-order valence-electron chi connectivity index (χ4n) is 4.09. The number of carbonyl (C=O) groups excluding carboxylic acids is 1. The highest BCUT2D eigenvalue weighted by Crippen LogP contribution is 2.19. The molecule has 180 valence electrons. The van der Waals surface area contributed by atoms with Gasteiger partial charge in [-0.3, -0.25) is 9.48 Å². The van der Waals surface area contributed by atoms with Gasteiger partial charge in [-0.2, -0.15) is 5.10 Å². The van der Waals surface area contributed by atoms with Crippen molar-refractivity contribution >= 4 is 17.5 Å². The zero-order valence-corrected chi connectivity index (χ0v) is 21.4. The Morgan fingerprint density at radius 2 is 1.26 bits per heavy atom. The van der Waals surface area contributed by atoms with Gasteiger partial charge in [0.25, 0.3) is 0 Å². The van der Waals surface area contributed by atoms with Gasteiger partial charge in [-0.05, 0) is 20.3 Å². The van der Waals surface area contributed by atoms with Crippen LogP contribution in [0.4, 0.5) is 0 Å². The van der Waals surface area contributed by atoms with Crippen molar-refractivity contribution in [2.24, 2.45) is 0 Å². The molecule has 0 radical (unpaired) electrons. The number of halogens is 1. The molecule has 0 bridgehead atoms. The SMILES string of the molecule is CCCCCCCCCCCCCCCCCCNC(=O)CCn1nc(C)c(Cl)c1C. The number of unbranched alkanes of at least 4 members (excludes halogenated alkanes) is 15. The Hall–Kier alpha value is -1.03. The minimum Gasteiger partial charge on any atom is -0.356 e. The van der Waals surface area contributed by atoms with Crippen LogP contribution in [0, 0.1) is 13.8 Å². The lowest BCUT2D eigenvalue weighted by atomic mass is 10.0. The molecule has 0 unspecified atom stereocenters. The summed E-state index contributed by atoms with van der Waals surface area (Å²) in [5.74, 6) is 0.102. The van der Waals surface area contributed by atoms with E-state index < -0.39 is 0 Å². The summed E-state index contributed by atoms with van der Waals surface area (Å²) in [5, 5.41) is 8.10. The summed E-state index contributed by atoms with van der Waals surface area (Å²) in [6, 6.07) is 0. The van der Waals surface area contributed by atoms with Crippen molar-refractivity contribution in [1.82, 2.24) is 15.1 Å². The Bertz CT molecular complexity index is 585. The van der Waals surface area contributed by atoms with Crippen molar-refractivity contribution in [2.45, 2.75) is 136 Å². The average molecular weight is 454 g/mol. The number of nitrogens with one attached hydrogen (secondary N) is 1. The van der Waals surface area contributed by atoms with Crippen molar-refractivity contribution in [3.8, 4) is 0 Å². The van der Waals surface area contributed by atoms with Crippen molar-refractivity contribution in [2.75, 3.05) is 6.54 Å². The van der Waals surface area contributed by atoms with Crippen LogP contribution in [-0.2, 0) is 11.3 Å². The van der Waals surface area contributed by atoms with Crippen LogP contribution in [0.15, 0.2) is 0 Å². The largest absolute Gasteiger partial charge is 0.356 e. The number of amides is 1. The summed E-state index contributed by atoms with van der Waals surface area (Å²) in [6.07, 6.45) is 22.4. The molecule has 0 spiro atoms. The predicted octanol–water partition coefficient (Wildman–Crippen LogP) is 7.92. The number of rotatable bonds is 20. The number of hydrogen-bond acceptors (Lipinski definition) is 2. The maximum absolute atomic E-state index is 12.0. The molecule has 1 aromatic rings. The van der Waals surface area contributed by atoms with E-state index in [2.05, 4.69) is 17.3 Å². The lowest BCUT2D eigenvalue weighted by Crippen LogP contribution is -2.25. The van der Waals surface area contributed by atoms with Gasteiger partial charge in [0.05, 0.1) is 23.0 Å². The third kappa shape index (κ3) is 13.9. The lowest BCUT2D eigenvalue weighted by Gasteiger charge is -2.07. The molecule has 1 heterocycles. The van der Waals surface area contributed by atoms with Gasteiger partial charge in [0.15, 0.2) is 0 Å². The molecule has 1 amide bonds. The van der Waals surface area contributed by atoms with Crippen LogP contribution in [0.3, 0.4) is 0 Å². The minimum atomic E-state index is 0.102. The van der Waals surface area contributed by atoms with E-state index in [1.807, 2.05) is 18.5 Å². The monoisotopic (exact) mass is 453 g/mol. The van der Waals surface area contributed by atoms with Crippen LogP contribution in [0.2, 0.25) is 5.02 Å². The summed E-state index contributed by atoms with van der Waals surface area (Å²) in [5.41, 5.74) is 1.76. The first-order chi connectivity index (χ1) is 15.1. The first kappa shape index (κ1) is 28.0. The summed E-state index contributed by atoms with van der Waals surface area (Å²) >= 11 is 6.15. The second kappa shape index (κ2) is 18.5. The summed E-state index contributed by atoms with van der Waals surface area (Å²) in [7, 11) is 0. The van der Waals surface area contributed by atoms with Crippen LogP contribution in [0.25, 0.3) is 0 Å². The van der Waals surface area contributed by atoms with E-state index >= 15 is 0 Å². The van der Waals surface area contributed by atoms with Crippen LogP contribution in [0.5, 0.6) is 0 Å². The van der Waals surface area contributed by atoms with E-state index in [0.717, 1.165) is 24.4 Å². The van der Waals surface area contributed by atoms with Gasteiger partial charge in [0.1, 0.15) is 0 Å². The van der Waals surface area contributed by atoms with E-state index in [-0.39, 0.29) is 5.91 Å². The smallest absolute Gasteiger partial charge is 0.221 e. The van der Waals surface area contributed by atoms with E-state index in [1.54, 1.807) is 0 Å². The maximum Gasteiger partial charge on any atom is 0.221 e. The van der Waals surface area contributed by atoms with Gasteiger partial charge < -0.3 is 5.32 Å². The van der Waals surface area contributed by atoms with E-state index in [1.165, 1.54) is 96.3 Å². The van der Waals surface area contributed by atoms with Crippen molar-refractivity contribution in [3.05, 3.63) is 16.4 Å². The summed E-state index contributed by atoms with van der Waals surface area (Å²) < 4.78 is 1.83. The average Bonchev–Trinajstić information content (AvgIpc) is 3.01. The molecule has 1 N–H and O–H groups in total. The van der Waals surface area contributed by atoms with Crippen molar-refractivity contribution in [3.63, 3.8) is 0 Å². The van der Waals surface area contributed by atoms with Crippen molar-refractivity contribution < 1.29 is 4.79 Å². The zero-order chi connectivity index (χ0) is 22.7. The number of aromatic nitrogens is 2. The molecular weight excluding hydrogens is 406 g/mol. The van der Waals surface area contributed by atoms with Gasteiger partial charge in [-0.25, -0.2) is 0 Å². The Kier molecular flexibility index (Phi) is 16.7. The van der Waals surface area contributed by atoms with Gasteiger partial charge >= 0.3 is 0 Å². The predicted molar refractivity (Wildman–Crippen MR) is 134 cm³/mol. The third-order valence-electron chi connectivity index (χ3n) is 6.20. The first-order valence-electron chi connectivity index (χ1n) is 13.0. The van der Waals surface area contributed by atoms with E-state index in [0.29, 0.717) is 18.0 Å². The number of aryl methyl sites for hydroxylation is 2. The van der Waals surface area contributed by atoms with Gasteiger partial charge in [-0.15, -0.1) is 0 Å². The number of carbonyl (C=O) groups is 1. The van der Waals surface area contributed by atoms with Crippen molar-refractivity contribution in [1.29, 1.82) is 0 Å². The van der Waals surface area contributed by atoms with Crippen LogP contribution in [0.1, 0.15) is 127 Å². The van der Waals surface area contributed by atoms with E-state index in [4.69, 9.17) is 11.6 Å². The molecule has 0 saturated carbocycles. The number of hydrogen-bond donors (Lipinski definition) is 1. The second-order valence-electron chi connectivity index (χ2n) is 9.11. The highest BCUT2D eigenvalue weighted by molar-refractivity contribution is 6.31. The third-order valence-corrected chi connectivity index (χ3v) is 6.74. The topological polar surface area (TPSA) is 46.9 Å². The standard InChI is InChI=1S/C26H48ClN3O/c1-4-5-6-7-8-9-10-11-12-13-14-15-16-17-18-19-21-28-25(31)20-22-30-24(3)26(27)23(2)29-30/h4-22H2,1-3H3,(H,28,31). The molecule has 0 aliphatic heterocycles. The fourth-order valence-corrected chi connectivity index (χ4v) is 4.22.